The molecule has 0 aliphatic rings. The molecule has 0 unspecified atom stereocenters. The van der Waals surface area contributed by atoms with Gasteiger partial charge in [-0.05, 0) is 12.8 Å². The third-order valence-electron chi connectivity index (χ3n) is 5.61. The Bertz CT molecular complexity index is 385. The molecule has 0 rings (SSSR count). The molecular formula is C26H52N2O2S2. The molecule has 190 valence electrons. The topological polar surface area (TPSA) is 58.2 Å². The molecule has 0 aliphatic heterocycles. The standard InChI is InChI=1S/C26H52N2O2S2/c1-3-5-7-9-11-13-15-17-21-27-25(29)19-23-31-32-24-20-26(30)28-22-18-16-14-12-10-8-6-4-2/h3-24H2,1-2H3,(H,27,29)(H,28,30). The average Bonchev–Trinajstić information content (AvgIpc) is 2.79. The summed E-state index contributed by atoms with van der Waals surface area (Å²) in [6, 6.07) is 0. The first-order chi connectivity index (χ1) is 15.7. The van der Waals surface area contributed by atoms with Crippen LogP contribution in [0.15, 0.2) is 0 Å². The van der Waals surface area contributed by atoms with E-state index in [0.717, 1.165) is 37.4 Å². The lowest BCUT2D eigenvalue weighted by Crippen LogP contribution is -2.24. The highest BCUT2D eigenvalue weighted by molar-refractivity contribution is 8.76. The zero-order valence-corrected chi connectivity index (χ0v) is 22.8. The molecule has 0 aromatic rings. The third kappa shape index (κ3) is 25.9. The zero-order chi connectivity index (χ0) is 23.5. The van der Waals surface area contributed by atoms with Gasteiger partial charge >= 0.3 is 0 Å². The first-order valence-corrected chi connectivity index (χ1v) is 16.0. The van der Waals surface area contributed by atoms with Crippen molar-refractivity contribution in [3.05, 3.63) is 0 Å². The molecule has 0 atom stereocenters. The van der Waals surface area contributed by atoms with Gasteiger partial charge in [0.25, 0.3) is 0 Å². The summed E-state index contributed by atoms with van der Waals surface area (Å²) in [5.74, 6) is 1.94. The third-order valence-corrected chi connectivity index (χ3v) is 8.02. The van der Waals surface area contributed by atoms with Crippen molar-refractivity contribution in [3.8, 4) is 0 Å². The van der Waals surface area contributed by atoms with Gasteiger partial charge in [0.15, 0.2) is 0 Å². The van der Waals surface area contributed by atoms with Crippen molar-refractivity contribution in [1.82, 2.24) is 10.6 Å². The van der Waals surface area contributed by atoms with Crippen LogP contribution < -0.4 is 10.6 Å². The average molecular weight is 489 g/mol. The van der Waals surface area contributed by atoms with Crippen molar-refractivity contribution < 1.29 is 9.59 Å². The van der Waals surface area contributed by atoms with Gasteiger partial charge in [-0.15, -0.1) is 0 Å². The number of unbranched alkanes of at least 4 members (excludes halogenated alkanes) is 14. The summed E-state index contributed by atoms with van der Waals surface area (Å²) in [5.41, 5.74) is 0. The van der Waals surface area contributed by atoms with Gasteiger partial charge in [0, 0.05) is 37.4 Å². The van der Waals surface area contributed by atoms with Crippen molar-refractivity contribution in [2.75, 3.05) is 24.6 Å². The summed E-state index contributed by atoms with van der Waals surface area (Å²) in [5, 5.41) is 6.05. The van der Waals surface area contributed by atoms with Gasteiger partial charge in [-0.2, -0.15) is 0 Å². The minimum atomic E-state index is 0.157. The van der Waals surface area contributed by atoms with E-state index >= 15 is 0 Å². The van der Waals surface area contributed by atoms with Gasteiger partial charge in [-0.3, -0.25) is 9.59 Å². The predicted molar refractivity (Wildman–Crippen MR) is 145 cm³/mol. The smallest absolute Gasteiger partial charge is 0.220 e. The highest BCUT2D eigenvalue weighted by atomic mass is 33.1. The molecule has 2 N–H and O–H groups in total. The van der Waals surface area contributed by atoms with Crippen LogP contribution in [-0.4, -0.2) is 36.4 Å². The van der Waals surface area contributed by atoms with Crippen LogP contribution in [0.1, 0.15) is 129 Å². The van der Waals surface area contributed by atoms with E-state index in [0.29, 0.717) is 12.8 Å². The molecule has 0 aromatic carbocycles. The fourth-order valence-corrected chi connectivity index (χ4v) is 5.52. The van der Waals surface area contributed by atoms with Gasteiger partial charge in [0.1, 0.15) is 0 Å². The van der Waals surface area contributed by atoms with Crippen molar-refractivity contribution >= 4 is 33.4 Å². The van der Waals surface area contributed by atoms with Gasteiger partial charge in [-0.25, -0.2) is 0 Å². The van der Waals surface area contributed by atoms with Crippen LogP contribution in [0.5, 0.6) is 0 Å². The van der Waals surface area contributed by atoms with Crippen LogP contribution in [0.4, 0.5) is 0 Å². The Morgan fingerprint density at radius 2 is 0.812 bits per heavy atom. The van der Waals surface area contributed by atoms with E-state index in [9.17, 15) is 9.59 Å². The largest absolute Gasteiger partial charge is 0.356 e. The Kier molecular flexibility index (Phi) is 26.6. The summed E-state index contributed by atoms with van der Waals surface area (Å²) >= 11 is 0. The van der Waals surface area contributed by atoms with E-state index in [1.807, 2.05) is 0 Å². The molecular weight excluding hydrogens is 436 g/mol. The van der Waals surface area contributed by atoms with Gasteiger partial charge in [-0.1, -0.05) is 125 Å². The SMILES string of the molecule is CCCCCCCCCCNC(=O)CCSSCCC(=O)NCCCCCCCCCC. The Morgan fingerprint density at radius 3 is 1.16 bits per heavy atom. The molecule has 0 fully saturated rings. The number of rotatable bonds is 25. The van der Waals surface area contributed by atoms with Crippen LogP contribution in [0.3, 0.4) is 0 Å². The Morgan fingerprint density at radius 1 is 0.500 bits per heavy atom. The van der Waals surface area contributed by atoms with Crippen molar-refractivity contribution in [1.29, 1.82) is 0 Å². The molecule has 0 spiro atoms. The highest BCUT2D eigenvalue weighted by Gasteiger charge is 2.03. The minimum Gasteiger partial charge on any atom is -0.356 e. The molecule has 2 amide bonds. The normalized spacial score (nSPS) is 10.9. The number of carbonyl (C=O) groups is 2. The summed E-state index contributed by atoms with van der Waals surface area (Å²) in [6.07, 6.45) is 21.8. The lowest BCUT2D eigenvalue weighted by molar-refractivity contribution is -0.121. The van der Waals surface area contributed by atoms with E-state index in [4.69, 9.17) is 0 Å². The van der Waals surface area contributed by atoms with E-state index in [1.165, 1.54) is 89.9 Å². The maximum Gasteiger partial charge on any atom is 0.220 e. The fraction of sp³-hybridized carbons (Fsp3) is 0.923. The lowest BCUT2D eigenvalue weighted by Gasteiger charge is -2.06. The van der Waals surface area contributed by atoms with Crippen LogP contribution in [0.25, 0.3) is 0 Å². The summed E-state index contributed by atoms with van der Waals surface area (Å²) < 4.78 is 0. The predicted octanol–water partition coefficient (Wildman–Crippen LogP) is 7.66. The quantitative estimate of drug-likeness (QED) is 0.102. The van der Waals surface area contributed by atoms with Crippen molar-refractivity contribution in [3.63, 3.8) is 0 Å². The molecule has 4 nitrogen and oxygen atoms in total. The summed E-state index contributed by atoms with van der Waals surface area (Å²) in [4.78, 5) is 23.7. The number of carbonyl (C=O) groups excluding carboxylic acids is 2. The number of hydrogen-bond acceptors (Lipinski definition) is 4. The van der Waals surface area contributed by atoms with Gasteiger partial charge < -0.3 is 10.6 Å². The fourth-order valence-electron chi connectivity index (χ4n) is 3.54. The monoisotopic (exact) mass is 488 g/mol. The number of nitrogens with one attached hydrogen (secondary N) is 2. The summed E-state index contributed by atoms with van der Waals surface area (Å²) in [7, 11) is 3.40. The molecule has 0 saturated heterocycles. The molecule has 0 aromatic heterocycles. The first kappa shape index (κ1) is 31.6. The van der Waals surface area contributed by atoms with E-state index in [-0.39, 0.29) is 11.8 Å². The molecule has 0 heterocycles. The van der Waals surface area contributed by atoms with Crippen LogP contribution in [0.2, 0.25) is 0 Å². The van der Waals surface area contributed by atoms with Gasteiger partial charge in [0.2, 0.25) is 11.8 Å². The Balaban J connectivity index is 3.27. The molecule has 0 aliphatic carbocycles. The zero-order valence-electron chi connectivity index (χ0n) is 21.2. The second-order valence-corrected chi connectivity index (χ2v) is 11.5. The molecule has 6 heteroatoms. The molecule has 0 bridgehead atoms. The Hall–Kier alpha value is -0.360. The maximum absolute atomic E-state index is 11.9. The highest BCUT2D eigenvalue weighted by Crippen LogP contribution is 2.22. The van der Waals surface area contributed by atoms with Gasteiger partial charge in [0.05, 0.1) is 0 Å². The molecule has 0 saturated carbocycles. The molecule has 32 heavy (non-hydrogen) atoms. The van der Waals surface area contributed by atoms with Crippen molar-refractivity contribution in [2.24, 2.45) is 0 Å². The van der Waals surface area contributed by atoms with E-state index in [2.05, 4.69) is 24.5 Å². The van der Waals surface area contributed by atoms with Crippen LogP contribution in [-0.2, 0) is 9.59 Å². The lowest BCUT2D eigenvalue weighted by atomic mass is 10.1. The second-order valence-electron chi connectivity index (χ2n) is 8.79. The summed E-state index contributed by atoms with van der Waals surface area (Å²) in [6.45, 7) is 6.12. The van der Waals surface area contributed by atoms with Crippen LogP contribution in [0, 0.1) is 0 Å². The number of hydrogen-bond donors (Lipinski definition) is 2. The number of amides is 2. The maximum atomic E-state index is 11.9. The minimum absolute atomic E-state index is 0.157. The van der Waals surface area contributed by atoms with E-state index < -0.39 is 0 Å². The van der Waals surface area contributed by atoms with E-state index in [1.54, 1.807) is 21.6 Å². The molecule has 0 radical (unpaired) electrons. The van der Waals surface area contributed by atoms with Crippen LogP contribution >= 0.6 is 21.6 Å². The second kappa shape index (κ2) is 26.9. The van der Waals surface area contributed by atoms with Crippen molar-refractivity contribution in [2.45, 2.75) is 129 Å². The Labute approximate surface area is 207 Å². The first-order valence-electron chi connectivity index (χ1n) is 13.5.